The molecule has 0 bridgehead atoms. The second-order valence-corrected chi connectivity index (χ2v) is 7.28. The predicted molar refractivity (Wildman–Crippen MR) is 88.7 cm³/mol. The predicted octanol–water partition coefficient (Wildman–Crippen LogP) is 4.17. The van der Waals surface area contributed by atoms with E-state index < -0.39 is 6.10 Å². The second kappa shape index (κ2) is 5.88. The standard InChI is InChI=1S/C16H18BrNOS/c1-18-6-2-3-11-7-12(4-5-15(11)18)16(19)9-14-8-13(17)10-20-14/h4-5,7-8,10,16,19H,2-3,6,9H2,1H3. The molecule has 0 spiro atoms. The Labute approximate surface area is 132 Å². The van der Waals surface area contributed by atoms with E-state index in [1.54, 1.807) is 11.3 Å². The highest BCUT2D eigenvalue weighted by Gasteiger charge is 2.17. The van der Waals surface area contributed by atoms with Gasteiger partial charge in [-0.1, -0.05) is 12.1 Å². The number of halogens is 1. The highest BCUT2D eigenvalue weighted by molar-refractivity contribution is 9.10. The van der Waals surface area contributed by atoms with Crippen LogP contribution in [-0.4, -0.2) is 18.7 Å². The van der Waals surface area contributed by atoms with Gasteiger partial charge in [0.1, 0.15) is 0 Å². The summed E-state index contributed by atoms with van der Waals surface area (Å²) in [6.07, 6.45) is 2.58. The topological polar surface area (TPSA) is 23.5 Å². The third-order valence-corrected chi connectivity index (χ3v) is 5.58. The van der Waals surface area contributed by atoms with E-state index in [9.17, 15) is 5.11 Å². The lowest BCUT2D eigenvalue weighted by Gasteiger charge is -2.28. The van der Waals surface area contributed by atoms with Gasteiger partial charge in [0.05, 0.1) is 6.10 Å². The molecule has 1 aromatic heterocycles. The Bertz CT molecular complexity index is 610. The van der Waals surface area contributed by atoms with Crippen LogP contribution >= 0.6 is 27.3 Å². The molecule has 1 atom stereocenters. The third kappa shape index (κ3) is 2.92. The molecule has 3 rings (SSSR count). The summed E-state index contributed by atoms with van der Waals surface area (Å²) in [6, 6.07) is 8.48. The van der Waals surface area contributed by atoms with Gasteiger partial charge in [-0.3, -0.25) is 0 Å². The van der Waals surface area contributed by atoms with Crippen molar-refractivity contribution in [3.05, 3.63) is 50.1 Å². The SMILES string of the molecule is CN1CCCc2cc(C(O)Cc3cc(Br)cs3)ccc21. The number of benzene rings is 1. The monoisotopic (exact) mass is 351 g/mol. The van der Waals surface area contributed by atoms with Gasteiger partial charge in [0.2, 0.25) is 0 Å². The largest absolute Gasteiger partial charge is 0.388 e. The number of nitrogens with zero attached hydrogens (tertiary/aromatic N) is 1. The first-order valence-corrected chi connectivity index (χ1v) is 8.55. The van der Waals surface area contributed by atoms with Gasteiger partial charge in [-0.2, -0.15) is 0 Å². The van der Waals surface area contributed by atoms with Crippen molar-refractivity contribution in [2.75, 3.05) is 18.5 Å². The van der Waals surface area contributed by atoms with Crippen LogP contribution in [0.3, 0.4) is 0 Å². The van der Waals surface area contributed by atoms with Crippen LogP contribution in [0.5, 0.6) is 0 Å². The van der Waals surface area contributed by atoms with E-state index in [0.717, 1.165) is 23.0 Å². The minimum Gasteiger partial charge on any atom is -0.388 e. The van der Waals surface area contributed by atoms with Gasteiger partial charge in [-0.25, -0.2) is 0 Å². The Morgan fingerprint density at radius 1 is 1.40 bits per heavy atom. The van der Waals surface area contributed by atoms with Crippen LogP contribution in [0.1, 0.15) is 28.5 Å². The van der Waals surface area contributed by atoms with Gasteiger partial charge >= 0.3 is 0 Å². The quantitative estimate of drug-likeness (QED) is 0.896. The molecule has 2 heterocycles. The zero-order valence-electron chi connectivity index (χ0n) is 11.5. The molecule has 1 N–H and O–H groups in total. The lowest BCUT2D eigenvalue weighted by atomic mass is 9.96. The zero-order valence-corrected chi connectivity index (χ0v) is 13.9. The molecule has 1 aromatic carbocycles. The smallest absolute Gasteiger partial charge is 0.0838 e. The van der Waals surface area contributed by atoms with E-state index in [-0.39, 0.29) is 0 Å². The highest BCUT2D eigenvalue weighted by Crippen LogP contribution is 2.31. The van der Waals surface area contributed by atoms with Crippen LogP contribution in [0.25, 0.3) is 0 Å². The molecular weight excluding hydrogens is 334 g/mol. The first-order chi connectivity index (χ1) is 9.63. The van der Waals surface area contributed by atoms with Gasteiger partial charge in [-0.15, -0.1) is 11.3 Å². The van der Waals surface area contributed by atoms with Crippen LogP contribution in [0.4, 0.5) is 5.69 Å². The molecule has 1 aliphatic rings. The number of aryl methyl sites for hydroxylation is 1. The van der Waals surface area contributed by atoms with Crippen molar-refractivity contribution < 1.29 is 5.11 Å². The van der Waals surface area contributed by atoms with Gasteiger partial charge < -0.3 is 10.0 Å². The van der Waals surface area contributed by atoms with Gasteiger partial charge in [0.15, 0.2) is 0 Å². The van der Waals surface area contributed by atoms with Crippen molar-refractivity contribution in [1.29, 1.82) is 0 Å². The summed E-state index contributed by atoms with van der Waals surface area (Å²) in [5.74, 6) is 0. The van der Waals surface area contributed by atoms with Crippen molar-refractivity contribution in [2.24, 2.45) is 0 Å². The number of aliphatic hydroxyl groups is 1. The molecule has 20 heavy (non-hydrogen) atoms. The first-order valence-electron chi connectivity index (χ1n) is 6.88. The van der Waals surface area contributed by atoms with Crippen molar-refractivity contribution in [3.8, 4) is 0 Å². The lowest BCUT2D eigenvalue weighted by Crippen LogP contribution is -2.24. The maximum atomic E-state index is 10.4. The molecular formula is C16H18BrNOS. The molecule has 2 nitrogen and oxygen atoms in total. The third-order valence-electron chi connectivity index (χ3n) is 3.86. The van der Waals surface area contributed by atoms with E-state index in [2.05, 4.69) is 57.5 Å². The van der Waals surface area contributed by atoms with Crippen LogP contribution in [-0.2, 0) is 12.8 Å². The summed E-state index contributed by atoms with van der Waals surface area (Å²) in [5, 5.41) is 12.5. The molecule has 1 aliphatic heterocycles. The van der Waals surface area contributed by atoms with Crippen molar-refractivity contribution in [1.82, 2.24) is 0 Å². The maximum absolute atomic E-state index is 10.4. The average molecular weight is 352 g/mol. The van der Waals surface area contributed by atoms with E-state index >= 15 is 0 Å². The van der Waals surface area contributed by atoms with Crippen LogP contribution < -0.4 is 4.90 Å². The number of thiophene rings is 1. The van der Waals surface area contributed by atoms with Crippen molar-refractivity contribution in [2.45, 2.75) is 25.4 Å². The summed E-state index contributed by atoms with van der Waals surface area (Å²) < 4.78 is 1.09. The number of hydrogen-bond acceptors (Lipinski definition) is 3. The molecule has 106 valence electrons. The Morgan fingerprint density at radius 2 is 2.25 bits per heavy atom. The van der Waals surface area contributed by atoms with E-state index in [0.29, 0.717) is 6.42 Å². The van der Waals surface area contributed by atoms with Gasteiger partial charge in [0.25, 0.3) is 0 Å². The summed E-state index contributed by atoms with van der Waals surface area (Å²) in [5.41, 5.74) is 3.71. The van der Waals surface area contributed by atoms with E-state index in [4.69, 9.17) is 0 Å². The van der Waals surface area contributed by atoms with Crippen molar-refractivity contribution in [3.63, 3.8) is 0 Å². The Morgan fingerprint density at radius 3 is 3.00 bits per heavy atom. The molecule has 0 fully saturated rings. The molecule has 0 saturated heterocycles. The summed E-state index contributed by atoms with van der Waals surface area (Å²) in [6.45, 7) is 1.12. The van der Waals surface area contributed by atoms with Gasteiger partial charge in [-0.05, 0) is 52.0 Å². The molecule has 2 aromatic rings. The van der Waals surface area contributed by atoms with E-state index in [1.165, 1.54) is 22.5 Å². The molecule has 1 unspecified atom stereocenters. The zero-order chi connectivity index (χ0) is 14.1. The minimum absolute atomic E-state index is 0.418. The summed E-state index contributed by atoms with van der Waals surface area (Å²) in [7, 11) is 2.14. The number of anilines is 1. The second-order valence-electron chi connectivity index (χ2n) is 5.36. The molecule has 0 amide bonds. The maximum Gasteiger partial charge on any atom is 0.0838 e. The first kappa shape index (κ1) is 14.1. The molecule has 4 heteroatoms. The number of hydrogen-bond donors (Lipinski definition) is 1. The fraction of sp³-hybridized carbons (Fsp3) is 0.375. The highest BCUT2D eigenvalue weighted by atomic mass is 79.9. The van der Waals surface area contributed by atoms with E-state index in [1.807, 2.05) is 0 Å². The molecule has 0 radical (unpaired) electrons. The number of aliphatic hydroxyl groups excluding tert-OH is 1. The Kier molecular flexibility index (Phi) is 4.15. The fourth-order valence-corrected chi connectivity index (χ4v) is 4.27. The Balaban J connectivity index is 1.80. The van der Waals surface area contributed by atoms with Crippen molar-refractivity contribution >= 4 is 33.0 Å². The van der Waals surface area contributed by atoms with Gasteiger partial charge in [0, 0.05) is 40.4 Å². The van der Waals surface area contributed by atoms with Crippen LogP contribution in [0.15, 0.2) is 34.1 Å². The molecule has 0 aliphatic carbocycles. The minimum atomic E-state index is -0.418. The summed E-state index contributed by atoms with van der Waals surface area (Å²) >= 11 is 5.14. The molecule has 0 saturated carbocycles. The lowest BCUT2D eigenvalue weighted by molar-refractivity contribution is 0.179. The van der Waals surface area contributed by atoms with Crippen LogP contribution in [0.2, 0.25) is 0 Å². The average Bonchev–Trinajstić information content (AvgIpc) is 2.84. The Hall–Kier alpha value is -0.840. The summed E-state index contributed by atoms with van der Waals surface area (Å²) in [4.78, 5) is 3.50. The van der Waals surface area contributed by atoms with Crippen LogP contribution in [0, 0.1) is 0 Å². The number of fused-ring (bicyclic) bond motifs is 1. The normalized spacial score (nSPS) is 16.1. The number of rotatable bonds is 3. The fourth-order valence-electron chi connectivity index (χ4n) is 2.78.